The second kappa shape index (κ2) is 14.0. The molecule has 0 saturated carbocycles. The summed E-state index contributed by atoms with van der Waals surface area (Å²) in [6.07, 6.45) is 0.191. The number of benzene rings is 4. The number of likely N-dealkylation sites (N-methyl/N-ethyl adjacent to an activating group) is 1. The summed E-state index contributed by atoms with van der Waals surface area (Å²) < 4.78 is 43.5. The van der Waals surface area contributed by atoms with E-state index in [1.165, 1.54) is 30.1 Å². The fourth-order valence-electron chi connectivity index (χ4n) is 4.40. The summed E-state index contributed by atoms with van der Waals surface area (Å²) in [4.78, 5) is 28.8. The van der Waals surface area contributed by atoms with Gasteiger partial charge in [-0.1, -0.05) is 88.2 Å². The van der Waals surface area contributed by atoms with E-state index in [1.807, 2.05) is 54.6 Å². The number of nitrogens with one attached hydrogen (secondary N) is 1. The van der Waals surface area contributed by atoms with Gasteiger partial charge in [0.05, 0.1) is 15.6 Å². The molecule has 2 amide bonds. The number of carbonyl (C=O) groups is 2. The van der Waals surface area contributed by atoms with Crippen molar-refractivity contribution in [3.05, 3.63) is 130 Å². The van der Waals surface area contributed by atoms with Crippen molar-refractivity contribution in [2.24, 2.45) is 0 Å². The lowest BCUT2D eigenvalue weighted by Crippen LogP contribution is -2.53. The van der Waals surface area contributed by atoms with Crippen molar-refractivity contribution >= 4 is 55.1 Å². The van der Waals surface area contributed by atoms with Crippen molar-refractivity contribution in [2.75, 3.05) is 17.9 Å². The zero-order chi connectivity index (χ0) is 30.3. The minimum Gasteiger partial charge on any atom is -0.357 e. The molecule has 7 nitrogen and oxygen atoms in total. The fraction of sp³-hybridized carbons (Fsp3) is 0.161. The monoisotopic (exact) mass is 671 g/mol. The maximum atomic E-state index is 14.2. The molecule has 0 saturated heterocycles. The Morgan fingerprint density at radius 3 is 2.12 bits per heavy atom. The van der Waals surface area contributed by atoms with Crippen molar-refractivity contribution in [1.82, 2.24) is 10.2 Å². The van der Waals surface area contributed by atoms with E-state index in [-0.39, 0.29) is 28.6 Å². The standard InChI is InChI=1S/C31H28BrClFN3O4S/c1-35-31(39)29(18-22-8-4-2-5-9-22)36(20-23-12-14-24(32)15-13-23)30(38)21-37(25-16-17-28(34)27(33)19-25)42(40,41)26-10-6-3-7-11-26/h2-17,19,29H,18,20-21H2,1H3,(H,35,39)/t29-/m1/s1. The maximum Gasteiger partial charge on any atom is 0.264 e. The van der Waals surface area contributed by atoms with E-state index in [1.54, 1.807) is 18.2 Å². The average molecular weight is 673 g/mol. The van der Waals surface area contributed by atoms with Gasteiger partial charge in [0.15, 0.2) is 0 Å². The Hall–Kier alpha value is -3.73. The number of halogens is 3. The first-order valence-corrected chi connectivity index (χ1v) is 15.5. The predicted molar refractivity (Wildman–Crippen MR) is 165 cm³/mol. The molecule has 4 aromatic carbocycles. The van der Waals surface area contributed by atoms with Gasteiger partial charge < -0.3 is 10.2 Å². The molecule has 0 unspecified atom stereocenters. The molecule has 0 aliphatic rings. The van der Waals surface area contributed by atoms with Crippen LogP contribution in [0.3, 0.4) is 0 Å². The van der Waals surface area contributed by atoms with Gasteiger partial charge in [-0.15, -0.1) is 0 Å². The molecule has 0 aromatic heterocycles. The van der Waals surface area contributed by atoms with Crippen LogP contribution in [0.15, 0.2) is 112 Å². The molecule has 0 aliphatic carbocycles. The molecule has 42 heavy (non-hydrogen) atoms. The normalized spacial score (nSPS) is 11.9. The lowest BCUT2D eigenvalue weighted by atomic mass is 10.0. The number of hydrogen-bond donors (Lipinski definition) is 1. The van der Waals surface area contributed by atoms with Gasteiger partial charge in [-0.05, 0) is 53.6 Å². The average Bonchev–Trinajstić information content (AvgIpc) is 3.00. The van der Waals surface area contributed by atoms with Gasteiger partial charge >= 0.3 is 0 Å². The van der Waals surface area contributed by atoms with E-state index >= 15 is 0 Å². The first-order chi connectivity index (χ1) is 20.1. The van der Waals surface area contributed by atoms with Gasteiger partial charge in [0.25, 0.3) is 10.0 Å². The Morgan fingerprint density at radius 1 is 0.905 bits per heavy atom. The van der Waals surface area contributed by atoms with Crippen molar-refractivity contribution in [2.45, 2.75) is 23.9 Å². The highest BCUT2D eigenvalue weighted by atomic mass is 79.9. The van der Waals surface area contributed by atoms with Crippen molar-refractivity contribution < 1.29 is 22.4 Å². The number of hydrogen-bond acceptors (Lipinski definition) is 4. The third kappa shape index (κ3) is 7.56. The smallest absolute Gasteiger partial charge is 0.264 e. The van der Waals surface area contributed by atoms with Crippen molar-refractivity contribution in [1.29, 1.82) is 0 Å². The molecule has 1 N–H and O–H groups in total. The van der Waals surface area contributed by atoms with Crippen LogP contribution in [0.1, 0.15) is 11.1 Å². The molecule has 0 fully saturated rings. The van der Waals surface area contributed by atoms with Crippen LogP contribution < -0.4 is 9.62 Å². The molecule has 0 aliphatic heterocycles. The number of amides is 2. The molecule has 218 valence electrons. The summed E-state index contributed by atoms with van der Waals surface area (Å²) in [5.74, 6) is -1.78. The van der Waals surface area contributed by atoms with Crippen molar-refractivity contribution in [3.8, 4) is 0 Å². The molecule has 11 heteroatoms. The summed E-state index contributed by atoms with van der Waals surface area (Å²) in [5.41, 5.74) is 1.55. The first kappa shape index (κ1) is 31.2. The molecule has 4 rings (SSSR count). The summed E-state index contributed by atoms with van der Waals surface area (Å²) in [5, 5.41) is 2.34. The Bertz CT molecular complexity index is 1640. The zero-order valence-electron chi connectivity index (χ0n) is 22.6. The van der Waals surface area contributed by atoms with E-state index in [0.29, 0.717) is 0 Å². The highest BCUT2D eigenvalue weighted by Gasteiger charge is 2.34. The van der Waals surface area contributed by atoms with Crippen LogP contribution in [0.2, 0.25) is 5.02 Å². The van der Waals surface area contributed by atoms with Gasteiger partial charge in [-0.2, -0.15) is 0 Å². The Kier molecular flexibility index (Phi) is 10.4. The SMILES string of the molecule is CNC(=O)[C@@H](Cc1ccccc1)N(Cc1ccc(Br)cc1)C(=O)CN(c1ccc(F)c(Cl)c1)S(=O)(=O)c1ccccc1. The third-order valence-electron chi connectivity index (χ3n) is 6.58. The van der Waals surface area contributed by atoms with E-state index < -0.39 is 40.2 Å². The summed E-state index contributed by atoms with van der Waals surface area (Å²) in [6, 6.07) is 26.6. The van der Waals surface area contributed by atoms with Gasteiger partial charge in [0.2, 0.25) is 11.8 Å². The molecule has 0 bridgehead atoms. The van der Waals surface area contributed by atoms with Gasteiger partial charge in [-0.25, -0.2) is 12.8 Å². The third-order valence-corrected chi connectivity index (χ3v) is 9.19. The highest BCUT2D eigenvalue weighted by Crippen LogP contribution is 2.28. The van der Waals surface area contributed by atoms with E-state index in [2.05, 4.69) is 21.2 Å². The largest absolute Gasteiger partial charge is 0.357 e. The molecule has 1 atom stereocenters. The highest BCUT2D eigenvalue weighted by molar-refractivity contribution is 9.10. The van der Waals surface area contributed by atoms with Gasteiger partial charge in [0, 0.05) is 24.5 Å². The van der Waals surface area contributed by atoms with Crippen LogP contribution in [-0.2, 0) is 32.6 Å². The fourth-order valence-corrected chi connectivity index (χ4v) is 6.26. The lowest BCUT2D eigenvalue weighted by molar-refractivity contribution is -0.139. The Balaban J connectivity index is 1.79. The number of anilines is 1. The maximum absolute atomic E-state index is 14.2. The molecular weight excluding hydrogens is 645 g/mol. The van der Waals surface area contributed by atoms with E-state index in [0.717, 1.165) is 32.0 Å². The van der Waals surface area contributed by atoms with Crippen LogP contribution in [-0.4, -0.2) is 44.8 Å². The Labute approximate surface area is 258 Å². The number of sulfonamides is 1. The van der Waals surface area contributed by atoms with Crippen LogP contribution in [0, 0.1) is 5.82 Å². The molecular formula is C31H28BrClFN3O4S. The molecule has 4 aromatic rings. The molecule has 0 spiro atoms. The van der Waals surface area contributed by atoms with Crippen LogP contribution >= 0.6 is 27.5 Å². The molecule has 0 heterocycles. The van der Waals surface area contributed by atoms with Crippen molar-refractivity contribution in [3.63, 3.8) is 0 Å². The summed E-state index contributed by atoms with van der Waals surface area (Å²) in [6.45, 7) is -0.640. The van der Waals surface area contributed by atoms with Gasteiger partial charge in [0.1, 0.15) is 18.4 Å². The Morgan fingerprint density at radius 2 is 1.52 bits per heavy atom. The van der Waals surface area contributed by atoms with Crippen LogP contribution in [0.25, 0.3) is 0 Å². The second-order valence-electron chi connectivity index (χ2n) is 9.39. The quantitative estimate of drug-likeness (QED) is 0.218. The van der Waals surface area contributed by atoms with E-state index in [9.17, 15) is 22.4 Å². The lowest BCUT2D eigenvalue weighted by Gasteiger charge is -2.33. The molecule has 0 radical (unpaired) electrons. The number of carbonyl (C=O) groups excluding carboxylic acids is 2. The minimum absolute atomic E-state index is 0.00162. The van der Waals surface area contributed by atoms with Crippen LogP contribution in [0.5, 0.6) is 0 Å². The second-order valence-corrected chi connectivity index (χ2v) is 12.6. The number of nitrogens with zero attached hydrogens (tertiary/aromatic N) is 2. The van der Waals surface area contributed by atoms with E-state index in [4.69, 9.17) is 11.6 Å². The summed E-state index contributed by atoms with van der Waals surface area (Å²) >= 11 is 9.43. The van der Waals surface area contributed by atoms with Gasteiger partial charge in [-0.3, -0.25) is 13.9 Å². The number of rotatable bonds is 11. The predicted octanol–water partition coefficient (Wildman–Crippen LogP) is 5.82. The summed E-state index contributed by atoms with van der Waals surface area (Å²) in [7, 11) is -2.82. The van der Waals surface area contributed by atoms with Crippen LogP contribution in [0.4, 0.5) is 10.1 Å². The zero-order valence-corrected chi connectivity index (χ0v) is 25.7. The topological polar surface area (TPSA) is 86.8 Å². The first-order valence-electron chi connectivity index (χ1n) is 12.9. The minimum atomic E-state index is -4.30.